The number of benzene rings is 1. The maximum absolute atomic E-state index is 12.5. The summed E-state index contributed by atoms with van der Waals surface area (Å²) < 4.78 is 0. The van der Waals surface area contributed by atoms with E-state index in [-0.39, 0.29) is 17.6 Å². The number of nitrogens with one attached hydrogen (secondary N) is 1. The number of H-pyrrole nitrogens is 1. The van der Waals surface area contributed by atoms with Crippen LogP contribution in [0.15, 0.2) is 29.2 Å². The van der Waals surface area contributed by atoms with Crippen LogP contribution in [-0.4, -0.2) is 22.0 Å². The highest BCUT2D eigenvalue weighted by Gasteiger charge is 2.34. The average molecular weight is 389 g/mol. The molecule has 26 heavy (non-hydrogen) atoms. The number of hydrogen-bond donors (Lipinski definition) is 1. The van der Waals surface area contributed by atoms with Crippen LogP contribution in [0.5, 0.6) is 0 Å². The molecule has 138 valence electrons. The fourth-order valence-corrected chi connectivity index (χ4v) is 4.70. The molecule has 1 N–H and O–H groups in total. The molecule has 5 heteroatoms. The molecular weight excluding hydrogens is 364 g/mol. The smallest absolute Gasteiger partial charge is 0.187 e. The van der Waals surface area contributed by atoms with Crippen LogP contribution in [0.3, 0.4) is 0 Å². The van der Waals surface area contributed by atoms with Gasteiger partial charge in [-0.2, -0.15) is 0 Å². The molecule has 1 aromatic heterocycles. The number of Topliss-reactive ketones (excluding diaryl/α,β-unsaturated/α-hetero) is 1. The lowest BCUT2D eigenvalue weighted by Crippen LogP contribution is -2.09. The molecule has 2 aliphatic rings. The third kappa shape index (κ3) is 3.86. The van der Waals surface area contributed by atoms with Gasteiger partial charge in [-0.3, -0.25) is 4.79 Å². The Bertz CT molecular complexity index is 776. The molecule has 3 nitrogen and oxygen atoms in total. The largest absolute Gasteiger partial charge is 0.332 e. The van der Waals surface area contributed by atoms with Gasteiger partial charge in [0.15, 0.2) is 5.78 Å². The zero-order valence-electron chi connectivity index (χ0n) is 15.1. The van der Waals surface area contributed by atoms with Gasteiger partial charge in [-0.05, 0) is 49.1 Å². The quantitative estimate of drug-likeness (QED) is 0.461. The molecule has 4 rings (SSSR count). The average Bonchev–Trinajstić information content (AvgIpc) is 3.25. The predicted octanol–water partition coefficient (Wildman–Crippen LogP) is 6.09. The molecule has 0 saturated heterocycles. The summed E-state index contributed by atoms with van der Waals surface area (Å²) in [6.45, 7) is 0. The summed E-state index contributed by atoms with van der Waals surface area (Å²) in [5, 5.41) is 0.411. The first-order chi connectivity index (χ1) is 12.7. The van der Waals surface area contributed by atoms with Gasteiger partial charge in [0.25, 0.3) is 0 Å². The topological polar surface area (TPSA) is 45.8 Å². The van der Waals surface area contributed by atoms with E-state index >= 15 is 0 Å². The van der Waals surface area contributed by atoms with E-state index in [4.69, 9.17) is 16.6 Å². The highest BCUT2D eigenvalue weighted by molar-refractivity contribution is 7.98. The number of imidazole rings is 1. The molecule has 0 aliphatic heterocycles. The standard InChI is InChI=1S/C21H25ClN2OS/c1-26-16-10-8-14(9-11-16)17(12-13-4-2-3-5-13)21-23-18(20(22)24-21)19(25)15-6-7-15/h8-11,13,15,17H,2-7,12H2,1H3,(H,23,24). The Morgan fingerprint density at radius 2 is 1.92 bits per heavy atom. The lowest BCUT2D eigenvalue weighted by Gasteiger charge is -2.19. The number of halogens is 1. The van der Waals surface area contributed by atoms with E-state index < -0.39 is 0 Å². The minimum Gasteiger partial charge on any atom is -0.332 e. The van der Waals surface area contributed by atoms with Crippen molar-refractivity contribution in [3.8, 4) is 0 Å². The molecule has 2 aromatic rings. The highest BCUT2D eigenvalue weighted by atomic mass is 35.5. The van der Waals surface area contributed by atoms with E-state index in [2.05, 4.69) is 35.5 Å². The lowest BCUT2D eigenvalue weighted by molar-refractivity contribution is 0.0963. The van der Waals surface area contributed by atoms with Crippen LogP contribution in [-0.2, 0) is 0 Å². The van der Waals surface area contributed by atoms with Gasteiger partial charge in [0, 0.05) is 16.7 Å². The molecule has 0 radical (unpaired) electrons. The molecule has 1 unspecified atom stereocenters. The van der Waals surface area contributed by atoms with Crippen molar-refractivity contribution in [3.63, 3.8) is 0 Å². The van der Waals surface area contributed by atoms with Crippen molar-refractivity contribution < 1.29 is 4.79 Å². The summed E-state index contributed by atoms with van der Waals surface area (Å²) in [7, 11) is 0. The normalized spacial score (nSPS) is 19.0. The zero-order chi connectivity index (χ0) is 18.1. The molecule has 0 bridgehead atoms. The number of nitrogens with zero attached hydrogens (tertiary/aromatic N) is 1. The third-order valence-corrected chi connectivity index (χ3v) is 6.77. The van der Waals surface area contributed by atoms with Crippen molar-refractivity contribution in [2.45, 2.75) is 55.8 Å². The Kier molecular flexibility index (Phi) is 5.42. The fraction of sp³-hybridized carbons (Fsp3) is 0.524. The monoisotopic (exact) mass is 388 g/mol. The van der Waals surface area contributed by atoms with Gasteiger partial charge in [-0.1, -0.05) is 49.4 Å². The van der Waals surface area contributed by atoms with Gasteiger partial charge < -0.3 is 4.98 Å². The Hall–Kier alpha value is -1.26. The van der Waals surface area contributed by atoms with E-state index in [1.807, 2.05) is 0 Å². The minimum atomic E-state index is 0.106. The van der Waals surface area contributed by atoms with Gasteiger partial charge in [0.2, 0.25) is 0 Å². The van der Waals surface area contributed by atoms with E-state index in [0.29, 0.717) is 10.8 Å². The van der Waals surface area contributed by atoms with Crippen LogP contribution in [0.1, 0.15) is 72.7 Å². The van der Waals surface area contributed by atoms with E-state index in [0.717, 1.165) is 31.0 Å². The maximum atomic E-state index is 12.5. The summed E-state index contributed by atoms with van der Waals surface area (Å²) in [5.41, 5.74) is 1.70. The molecule has 0 amide bonds. The number of thioether (sulfide) groups is 1. The van der Waals surface area contributed by atoms with Crippen LogP contribution in [0, 0.1) is 11.8 Å². The Morgan fingerprint density at radius 1 is 1.23 bits per heavy atom. The Balaban J connectivity index is 1.64. The molecule has 1 atom stereocenters. The maximum Gasteiger partial charge on any atom is 0.187 e. The van der Waals surface area contributed by atoms with Crippen molar-refractivity contribution in [3.05, 3.63) is 46.5 Å². The van der Waals surface area contributed by atoms with Crippen molar-refractivity contribution in [2.24, 2.45) is 11.8 Å². The molecule has 2 fully saturated rings. The van der Waals surface area contributed by atoms with Crippen LogP contribution >= 0.6 is 23.4 Å². The van der Waals surface area contributed by atoms with Gasteiger partial charge >= 0.3 is 0 Å². The lowest BCUT2D eigenvalue weighted by atomic mass is 9.87. The van der Waals surface area contributed by atoms with E-state index in [1.165, 1.54) is 36.1 Å². The second-order valence-electron chi connectivity index (χ2n) is 7.64. The van der Waals surface area contributed by atoms with Crippen LogP contribution in [0.4, 0.5) is 0 Å². The van der Waals surface area contributed by atoms with Gasteiger partial charge in [-0.15, -0.1) is 11.8 Å². The summed E-state index contributed by atoms with van der Waals surface area (Å²) in [6.07, 6.45) is 10.3. The van der Waals surface area contributed by atoms with Crippen molar-refractivity contribution >= 4 is 29.1 Å². The number of rotatable bonds is 7. The molecule has 0 spiro atoms. The van der Waals surface area contributed by atoms with Gasteiger partial charge in [0.05, 0.1) is 0 Å². The van der Waals surface area contributed by atoms with E-state index in [1.54, 1.807) is 11.8 Å². The molecule has 1 aromatic carbocycles. The summed E-state index contributed by atoms with van der Waals surface area (Å²) in [5.74, 6) is 1.99. The fourth-order valence-electron chi connectivity index (χ4n) is 4.06. The number of carbonyl (C=O) groups excluding carboxylic acids is 1. The summed E-state index contributed by atoms with van der Waals surface area (Å²) >= 11 is 8.11. The predicted molar refractivity (Wildman–Crippen MR) is 107 cm³/mol. The Morgan fingerprint density at radius 3 is 2.54 bits per heavy atom. The second-order valence-corrected chi connectivity index (χ2v) is 8.89. The number of carbonyl (C=O) groups is 1. The van der Waals surface area contributed by atoms with Crippen LogP contribution < -0.4 is 0 Å². The molecule has 2 aliphatic carbocycles. The number of hydrogen-bond acceptors (Lipinski definition) is 3. The van der Waals surface area contributed by atoms with Crippen molar-refractivity contribution in [1.29, 1.82) is 0 Å². The molecule has 2 saturated carbocycles. The summed E-state index contributed by atoms with van der Waals surface area (Å²) in [6, 6.07) is 8.74. The zero-order valence-corrected chi connectivity index (χ0v) is 16.7. The SMILES string of the molecule is CSc1ccc(C(CC2CCCC2)c2nc(C(=O)C3CC3)c(Cl)[nH]2)cc1. The third-order valence-electron chi connectivity index (χ3n) is 5.75. The second kappa shape index (κ2) is 7.77. The number of ketones is 1. The Labute approximate surface area is 164 Å². The number of aromatic nitrogens is 2. The summed E-state index contributed by atoms with van der Waals surface area (Å²) in [4.78, 5) is 21.6. The molecule has 1 heterocycles. The number of aromatic amines is 1. The highest BCUT2D eigenvalue weighted by Crippen LogP contribution is 2.39. The molecular formula is C21H25ClN2OS. The van der Waals surface area contributed by atoms with E-state index in [9.17, 15) is 4.79 Å². The van der Waals surface area contributed by atoms with Crippen LogP contribution in [0.25, 0.3) is 0 Å². The first kappa shape index (κ1) is 18.1. The van der Waals surface area contributed by atoms with Gasteiger partial charge in [0.1, 0.15) is 16.7 Å². The minimum absolute atomic E-state index is 0.106. The van der Waals surface area contributed by atoms with Crippen LogP contribution in [0.2, 0.25) is 5.15 Å². The van der Waals surface area contributed by atoms with Crippen molar-refractivity contribution in [2.75, 3.05) is 6.26 Å². The van der Waals surface area contributed by atoms with Gasteiger partial charge in [-0.25, -0.2) is 4.98 Å². The first-order valence-electron chi connectivity index (χ1n) is 9.59. The van der Waals surface area contributed by atoms with Crippen molar-refractivity contribution in [1.82, 2.24) is 9.97 Å². The first-order valence-corrected chi connectivity index (χ1v) is 11.2.